The molecule has 9 heavy (non-hydrogen) atoms. The average Bonchev–Trinajstić information content (AvgIpc) is 2.33. The van der Waals surface area contributed by atoms with Crippen molar-refractivity contribution in [1.82, 2.24) is 4.90 Å². The van der Waals surface area contributed by atoms with E-state index in [1.165, 1.54) is 0 Å². The number of nitrogens with zero attached hydrogens (tertiary/aromatic N) is 1. The average molecular weight is 129 g/mol. The quantitative estimate of drug-likeness (QED) is 0.486. The van der Waals surface area contributed by atoms with Gasteiger partial charge in [0.15, 0.2) is 12.5 Å². The molecule has 3 nitrogen and oxygen atoms in total. The third kappa shape index (κ3) is 1.28. The van der Waals surface area contributed by atoms with Crippen molar-refractivity contribution in [2.75, 3.05) is 19.7 Å². The lowest BCUT2D eigenvalue weighted by Crippen LogP contribution is -2.30. The van der Waals surface area contributed by atoms with Crippen molar-refractivity contribution in [2.45, 2.75) is 13.2 Å². The molecule has 0 radical (unpaired) electrons. The first-order chi connectivity index (χ1) is 4.38. The second-order valence-corrected chi connectivity index (χ2v) is 2.03. The molecular weight excluding hydrogens is 118 g/mol. The molecule has 0 spiro atoms. The number of ether oxygens (including phenoxy) is 1. The normalized spacial score (nSPS) is 28.8. The van der Waals surface area contributed by atoms with Crippen LogP contribution in [0.3, 0.4) is 0 Å². The lowest BCUT2D eigenvalue weighted by molar-refractivity contribution is -0.121. The molecule has 1 aliphatic heterocycles. The van der Waals surface area contributed by atoms with Crippen molar-refractivity contribution >= 4 is 6.29 Å². The van der Waals surface area contributed by atoms with Gasteiger partial charge in [-0.05, 0) is 6.54 Å². The Morgan fingerprint density at radius 3 is 3.11 bits per heavy atom. The Kier molecular flexibility index (Phi) is 2.19. The molecule has 3 heteroatoms. The highest BCUT2D eigenvalue weighted by molar-refractivity contribution is 5.55. The van der Waals surface area contributed by atoms with Crippen LogP contribution in [0.15, 0.2) is 0 Å². The second-order valence-electron chi connectivity index (χ2n) is 2.03. The summed E-state index contributed by atoms with van der Waals surface area (Å²) < 4.78 is 5.06. The minimum Gasteiger partial charge on any atom is -0.355 e. The number of hydrogen-bond acceptors (Lipinski definition) is 3. The number of rotatable bonds is 2. The van der Waals surface area contributed by atoms with Crippen molar-refractivity contribution < 1.29 is 9.53 Å². The summed E-state index contributed by atoms with van der Waals surface area (Å²) in [4.78, 5) is 12.2. The third-order valence-electron chi connectivity index (χ3n) is 1.55. The van der Waals surface area contributed by atoms with Crippen LogP contribution in [0.2, 0.25) is 0 Å². The first-order valence-electron chi connectivity index (χ1n) is 3.19. The molecule has 0 aliphatic carbocycles. The van der Waals surface area contributed by atoms with Crippen LogP contribution in [0.25, 0.3) is 0 Å². The Hall–Kier alpha value is -0.410. The molecule has 1 heterocycles. The fraction of sp³-hybridized carbons (Fsp3) is 0.833. The maximum atomic E-state index is 10.2. The highest BCUT2D eigenvalue weighted by Crippen LogP contribution is 2.05. The van der Waals surface area contributed by atoms with Gasteiger partial charge in [0, 0.05) is 6.54 Å². The van der Waals surface area contributed by atoms with Crippen LogP contribution in [0.5, 0.6) is 0 Å². The maximum absolute atomic E-state index is 10.2. The van der Waals surface area contributed by atoms with Crippen LogP contribution in [0.1, 0.15) is 6.92 Å². The van der Waals surface area contributed by atoms with Gasteiger partial charge in [0.25, 0.3) is 0 Å². The van der Waals surface area contributed by atoms with Gasteiger partial charge in [-0.1, -0.05) is 6.92 Å². The van der Waals surface area contributed by atoms with Gasteiger partial charge in [0.05, 0.1) is 6.61 Å². The smallest absolute Gasteiger partial charge is 0.167 e. The zero-order chi connectivity index (χ0) is 6.69. The van der Waals surface area contributed by atoms with Gasteiger partial charge in [-0.2, -0.15) is 0 Å². The van der Waals surface area contributed by atoms with Crippen molar-refractivity contribution in [3.05, 3.63) is 0 Å². The summed E-state index contributed by atoms with van der Waals surface area (Å²) >= 11 is 0. The molecule has 52 valence electrons. The summed E-state index contributed by atoms with van der Waals surface area (Å²) in [5.74, 6) is 0. The SMILES string of the molecule is CCN1CCOC1C=O. The van der Waals surface area contributed by atoms with Crippen LogP contribution < -0.4 is 0 Å². The fourth-order valence-electron chi connectivity index (χ4n) is 0.987. The van der Waals surface area contributed by atoms with Crippen LogP contribution in [0, 0.1) is 0 Å². The molecule has 1 aliphatic rings. The first kappa shape index (κ1) is 6.71. The molecule has 0 amide bonds. The molecular formula is C6H11NO2. The summed E-state index contributed by atoms with van der Waals surface area (Å²) in [5.41, 5.74) is 0. The summed E-state index contributed by atoms with van der Waals surface area (Å²) in [6, 6.07) is 0. The second kappa shape index (κ2) is 2.94. The highest BCUT2D eigenvalue weighted by atomic mass is 16.5. The van der Waals surface area contributed by atoms with E-state index in [2.05, 4.69) is 0 Å². The van der Waals surface area contributed by atoms with Crippen LogP contribution in [-0.2, 0) is 9.53 Å². The van der Waals surface area contributed by atoms with Gasteiger partial charge in [0.1, 0.15) is 0 Å². The van der Waals surface area contributed by atoms with Gasteiger partial charge < -0.3 is 4.74 Å². The van der Waals surface area contributed by atoms with Crippen molar-refractivity contribution in [3.8, 4) is 0 Å². The zero-order valence-corrected chi connectivity index (χ0v) is 5.54. The molecule has 0 N–H and O–H groups in total. The third-order valence-corrected chi connectivity index (χ3v) is 1.55. The van der Waals surface area contributed by atoms with E-state index in [1.54, 1.807) is 0 Å². The van der Waals surface area contributed by atoms with E-state index < -0.39 is 0 Å². The molecule has 1 saturated heterocycles. The molecule has 1 atom stereocenters. The first-order valence-corrected chi connectivity index (χ1v) is 3.19. The standard InChI is InChI=1S/C6H11NO2/c1-2-7-3-4-9-6(7)5-8/h5-6H,2-4H2,1H3. The van der Waals surface area contributed by atoms with Gasteiger partial charge >= 0.3 is 0 Å². The van der Waals surface area contributed by atoms with Gasteiger partial charge in [-0.15, -0.1) is 0 Å². The predicted octanol–water partition coefficient (Wildman–Crippen LogP) is -0.137. The Balaban J connectivity index is 2.41. The topological polar surface area (TPSA) is 29.5 Å². The van der Waals surface area contributed by atoms with Crippen molar-refractivity contribution in [2.24, 2.45) is 0 Å². The summed E-state index contributed by atoms with van der Waals surface area (Å²) in [5, 5.41) is 0. The molecule has 1 rings (SSSR count). The maximum Gasteiger partial charge on any atom is 0.167 e. The number of hydrogen-bond donors (Lipinski definition) is 0. The summed E-state index contributed by atoms with van der Waals surface area (Å²) in [6.07, 6.45) is 0.575. The minimum absolute atomic E-state index is 0.269. The van der Waals surface area contributed by atoms with E-state index in [-0.39, 0.29) is 6.23 Å². The number of carbonyl (C=O) groups is 1. The van der Waals surface area contributed by atoms with E-state index in [9.17, 15) is 4.79 Å². The molecule has 0 saturated carbocycles. The van der Waals surface area contributed by atoms with Gasteiger partial charge in [-0.25, -0.2) is 0 Å². The number of aldehydes is 1. The Morgan fingerprint density at radius 1 is 1.89 bits per heavy atom. The van der Waals surface area contributed by atoms with Crippen LogP contribution in [0.4, 0.5) is 0 Å². The minimum atomic E-state index is -0.269. The molecule has 1 fully saturated rings. The van der Waals surface area contributed by atoms with E-state index in [1.807, 2.05) is 11.8 Å². The lowest BCUT2D eigenvalue weighted by atomic mass is 10.5. The Bertz CT molecular complexity index is 105. The van der Waals surface area contributed by atoms with E-state index in [4.69, 9.17) is 4.74 Å². The molecule has 0 aromatic rings. The van der Waals surface area contributed by atoms with Crippen molar-refractivity contribution in [1.29, 1.82) is 0 Å². The monoisotopic (exact) mass is 129 g/mol. The van der Waals surface area contributed by atoms with Crippen LogP contribution >= 0.6 is 0 Å². The molecule has 1 unspecified atom stereocenters. The Labute approximate surface area is 54.6 Å². The Morgan fingerprint density at radius 2 is 2.67 bits per heavy atom. The van der Waals surface area contributed by atoms with E-state index >= 15 is 0 Å². The van der Waals surface area contributed by atoms with E-state index in [0.29, 0.717) is 6.61 Å². The molecule has 0 aromatic heterocycles. The number of likely N-dealkylation sites (N-methyl/N-ethyl adjacent to an activating group) is 1. The molecule has 0 aromatic carbocycles. The van der Waals surface area contributed by atoms with E-state index in [0.717, 1.165) is 19.4 Å². The largest absolute Gasteiger partial charge is 0.355 e. The number of carbonyl (C=O) groups excluding carboxylic acids is 1. The van der Waals surface area contributed by atoms with Gasteiger partial charge in [-0.3, -0.25) is 9.69 Å². The fourth-order valence-corrected chi connectivity index (χ4v) is 0.987. The summed E-state index contributed by atoms with van der Waals surface area (Å²) in [6.45, 7) is 4.49. The van der Waals surface area contributed by atoms with Gasteiger partial charge in [0.2, 0.25) is 0 Å². The predicted molar refractivity (Wildman–Crippen MR) is 33.1 cm³/mol. The highest BCUT2D eigenvalue weighted by Gasteiger charge is 2.21. The zero-order valence-electron chi connectivity index (χ0n) is 5.54. The summed E-state index contributed by atoms with van der Waals surface area (Å²) in [7, 11) is 0. The van der Waals surface area contributed by atoms with Crippen molar-refractivity contribution in [3.63, 3.8) is 0 Å². The molecule has 0 bridgehead atoms. The lowest BCUT2D eigenvalue weighted by Gasteiger charge is -2.14. The van der Waals surface area contributed by atoms with Crippen LogP contribution in [-0.4, -0.2) is 37.1 Å².